The Bertz CT molecular complexity index is 627. The number of ether oxygens (including phenoxy) is 1. The van der Waals surface area contributed by atoms with Crippen molar-refractivity contribution in [3.05, 3.63) is 35.9 Å². The maximum atomic E-state index is 12.4. The fourth-order valence-electron chi connectivity index (χ4n) is 2.65. The zero-order valence-corrected chi connectivity index (χ0v) is 16.1. The van der Waals surface area contributed by atoms with E-state index in [-0.39, 0.29) is 12.0 Å². The van der Waals surface area contributed by atoms with Gasteiger partial charge in [0.25, 0.3) is 0 Å². The number of rotatable bonds is 4. The minimum Gasteiger partial charge on any atom is -0.447 e. The van der Waals surface area contributed by atoms with Crippen molar-refractivity contribution < 1.29 is 14.6 Å². The summed E-state index contributed by atoms with van der Waals surface area (Å²) in [4.78, 5) is 14.0. The molecule has 1 aromatic rings. The lowest BCUT2D eigenvalue weighted by Crippen LogP contribution is -2.47. The fraction of sp³-hybridized carbons (Fsp3) is 0.526. The van der Waals surface area contributed by atoms with Gasteiger partial charge in [-0.2, -0.15) is 0 Å². The van der Waals surface area contributed by atoms with Crippen LogP contribution in [-0.2, 0) is 4.74 Å². The Balaban J connectivity index is 2.41. The van der Waals surface area contributed by atoms with E-state index in [2.05, 4.69) is 31.1 Å². The standard InChI is InChI=1S/C19H27NO3Si/c1-14(2)18(21)16(11-12-24(3,4)5)20-17(13-23-19(20)22)15-9-7-6-8-10-15/h6-10,14,16-18,21H,13H2,1-5H3/t16-,17+,18+/m1/s1. The topological polar surface area (TPSA) is 49.8 Å². The molecule has 1 fully saturated rings. The third-order valence-electron chi connectivity index (χ3n) is 4.00. The summed E-state index contributed by atoms with van der Waals surface area (Å²) in [5, 5.41) is 10.7. The van der Waals surface area contributed by atoms with Crippen molar-refractivity contribution >= 4 is 14.2 Å². The molecule has 24 heavy (non-hydrogen) atoms. The van der Waals surface area contributed by atoms with Crippen LogP contribution in [0.4, 0.5) is 4.79 Å². The van der Waals surface area contributed by atoms with Gasteiger partial charge in [0.05, 0.1) is 12.1 Å². The van der Waals surface area contributed by atoms with Crippen LogP contribution in [0, 0.1) is 17.4 Å². The lowest BCUT2D eigenvalue weighted by Gasteiger charge is -2.32. The van der Waals surface area contributed by atoms with Crippen molar-refractivity contribution in [2.75, 3.05) is 6.61 Å². The van der Waals surface area contributed by atoms with Crippen LogP contribution < -0.4 is 0 Å². The SMILES string of the molecule is CC(C)[C@H](O)[C@@H](C#C[Si](C)(C)C)N1C(=O)OC[C@H]1c1ccccc1. The summed E-state index contributed by atoms with van der Waals surface area (Å²) in [5.74, 6) is 3.20. The molecule has 1 saturated heterocycles. The molecule has 1 N–H and O–H groups in total. The number of amides is 1. The van der Waals surface area contributed by atoms with E-state index in [0.29, 0.717) is 6.61 Å². The highest BCUT2D eigenvalue weighted by atomic mass is 28.3. The van der Waals surface area contributed by atoms with Crippen molar-refractivity contribution in [3.63, 3.8) is 0 Å². The molecule has 3 atom stereocenters. The minimum atomic E-state index is -1.63. The smallest absolute Gasteiger partial charge is 0.411 e. The number of nitrogens with zero attached hydrogens (tertiary/aromatic N) is 1. The molecular formula is C19H27NO3Si. The second-order valence-electron chi connectivity index (χ2n) is 7.61. The summed E-state index contributed by atoms with van der Waals surface area (Å²) in [6.07, 6.45) is -1.12. The summed E-state index contributed by atoms with van der Waals surface area (Å²) in [6, 6.07) is 9.01. The Hall–Kier alpha value is -1.77. The predicted molar refractivity (Wildman–Crippen MR) is 98.1 cm³/mol. The Morgan fingerprint density at radius 2 is 1.88 bits per heavy atom. The van der Waals surface area contributed by atoms with Crippen molar-refractivity contribution in [2.45, 2.75) is 51.7 Å². The quantitative estimate of drug-likeness (QED) is 0.672. The average molecular weight is 346 g/mol. The van der Waals surface area contributed by atoms with E-state index in [1.54, 1.807) is 4.90 Å². The summed E-state index contributed by atoms with van der Waals surface area (Å²) < 4.78 is 5.29. The Kier molecular flexibility index (Phi) is 5.73. The molecule has 1 aliphatic heterocycles. The molecule has 2 rings (SSSR count). The molecule has 0 spiro atoms. The van der Waals surface area contributed by atoms with Crippen molar-refractivity contribution in [1.29, 1.82) is 0 Å². The molecule has 0 saturated carbocycles. The first-order valence-corrected chi connectivity index (χ1v) is 11.9. The second-order valence-corrected chi connectivity index (χ2v) is 12.4. The summed E-state index contributed by atoms with van der Waals surface area (Å²) in [7, 11) is -1.63. The number of hydrogen-bond acceptors (Lipinski definition) is 3. The van der Waals surface area contributed by atoms with E-state index in [0.717, 1.165) is 5.56 Å². The van der Waals surface area contributed by atoms with E-state index in [1.807, 2.05) is 44.2 Å². The Morgan fingerprint density at radius 3 is 2.42 bits per heavy atom. The maximum Gasteiger partial charge on any atom is 0.411 e. The van der Waals surface area contributed by atoms with Crippen LogP contribution in [0.1, 0.15) is 25.5 Å². The summed E-state index contributed by atoms with van der Waals surface area (Å²) >= 11 is 0. The molecule has 130 valence electrons. The van der Waals surface area contributed by atoms with Crippen molar-refractivity contribution in [1.82, 2.24) is 4.90 Å². The fourth-order valence-corrected chi connectivity index (χ4v) is 3.23. The van der Waals surface area contributed by atoms with Crippen LogP contribution in [0.25, 0.3) is 0 Å². The summed E-state index contributed by atoms with van der Waals surface area (Å²) in [5.41, 5.74) is 4.31. The molecule has 4 nitrogen and oxygen atoms in total. The average Bonchev–Trinajstić information content (AvgIpc) is 2.89. The first-order valence-electron chi connectivity index (χ1n) is 8.41. The monoisotopic (exact) mass is 345 g/mol. The normalized spacial score (nSPS) is 20.4. The number of cyclic esters (lactones) is 1. The van der Waals surface area contributed by atoms with Gasteiger partial charge in [0.1, 0.15) is 20.7 Å². The third kappa shape index (κ3) is 4.40. The largest absolute Gasteiger partial charge is 0.447 e. The molecule has 1 aliphatic rings. The molecule has 0 unspecified atom stereocenters. The predicted octanol–water partition coefficient (Wildman–Crippen LogP) is 3.45. The van der Waals surface area contributed by atoms with Crippen LogP contribution in [0.5, 0.6) is 0 Å². The lowest BCUT2D eigenvalue weighted by molar-refractivity contribution is 0.0518. The van der Waals surface area contributed by atoms with Crippen molar-refractivity contribution in [2.24, 2.45) is 5.92 Å². The third-order valence-corrected chi connectivity index (χ3v) is 4.89. The molecule has 1 amide bonds. The molecule has 5 heteroatoms. The van der Waals surface area contributed by atoms with Crippen LogP contribution >= 0.6 is 0 Å². The van der Waals surface area contributed by atoms with Gasteiger partial charge in [-0.15, -0.1) is 5.54 Å². The van der Waals surface area contributed by atoms with E-state index in [9.17, 15) is 9.90 Å². The minimum absolute atomic E-state index is 0.00393. The number of aliphatic hydroxyl groups excluding tert-OH is 1. The van der Waals surface area contributed by atoms with Crippen LogP contribution in [0.3, 0.4) is 0 Å². The van der Waals surface area contributed by atoms with E-state index >= 15 is 0 Å². The number of carbonyl (C=O) groups excluding carboxylic acids is 1. The second kappa shape index (κ2) is 7.41. The first kappa shape index (κ1) is 18.6. The van der Waals surface area contributed by atoms with Gasteiger partial charge in [-0.05, 0) is 11.5 Å². The number of hydrogen-bond donors (Lipinski definition) is 1. The van der Waals surface area contributed by atoms with Gasteiger partial charge in [-0.1, -0.05) is 69.7 Å². The Morgan fingerprint density at radius 1 is 1.25 bits per heavy atom. The van der Waals surface area contributed by atoms with Crippen molar-refractivity contribution in [3.8, 4) is 11.5 Å². The van der Waals surface area contributed by atoms with Gasteiger partial charge in [0.2, 0.25) is 0 Å². The van der Waals surface area contributed by atoms with Gasteiger partial charge >= 0.3 is 6.09 Å². The molecule has 1 aromatic carbocycles. The van der Waals surface area contributed by atoms with Gasteiger partial charge in [-0.3, -0.25) is 4.90 Å². The molecule has 0 aromatic heterocycles. The molecule has 0 radical (unpaired) electrons. The number of aliphatic hydroxyl groups is 1. The van der Waals surface area contributed by atoms with E-state index in [1.165, 1.54) is 0 Å². The van der Waals surface area contributed by atoms with Gasteiger partial charge < -0.3 is 9.84 Å². The highest BCUT2D eigenvalue weighted by molar-refractivity contribution is 6.83. The van der Waals surface area contributed by atoms with E-state index in [4.69, 9.17) is 4.74 Å². The van der Waals surface area contributed by atoms with Crippen LogP contribution in [-0.4, -0.2) is 42.9 Å². The van der Waals surface area contributed by atoms with Crippen LogP contribution in [0.15, 0.2) is 30.3 Å². The lowest BCUT2D eigenvalue weighted by atomic mass is 9.96. The number of carbonyl (C=O) groups is 1. The highest BCUT2D eigenvalue weighted by Gasteiger charge is 2.42. The molecule has 0 aliphatic carbocycles. The van der Waals surface area contributed by atoms with Gasteiger partial charge in [0, 0.05) is 0 Å². The molecule has 0 bridgehead atoms. The maximum absolute atomic E-state index is 12.4. The first-order chi connectivity index (χ1) is 11.2. The Labute approximate surface area is 145 Å². The zero-order valence-electron chi connectivity index (χ0n) is 15.1. The van der Waals surface area contributed by atoms with Gasteiger partial charge in [0.15, 0.2) is 0 Å². The molecular weight excluding hydrogens is 318 g/mol. The van der Waals surface area contributed by atoms with Gasteiger partial charge in [-0.25, -0.2) is 4.79 Å². The highest BCUT2D eigenvalue weighted by Crippen LogP contribution is 2.31. The van der Waals surface area contributed by atoms with Crippen LogP contribution in [0.2, 0.25) is 19.6 Å². The zero-order chi connectivity index (χ0) is 17.9. The molecule has 1 heterocycles. The number of benzene rings is 1. The van der Waals surface area contributed by atoms with E-state index < -0.39 is 26.3 Å². The summed E-state index contributed by atoms with van der Waals surface area (Å²) in [6.45, 7) is 10.6.